The van der Waals surface area contributed by atoms with Crippen LogP contribution in [0.15, 0.2) is 24.3 Å². The third kappa shape index (κ3) is 1.91. The van der Waals surface area contributed by atoms with E-state index in [0.717, 1.165) is 0 Å². The van der Waals surface area contributed by atoms with Crippen LogP contribution in [0.4, 0.5) is 0 Å². The van der Waals surface area contributed by atoms with Gasteiger partial charge in [-0.2, -0.15) is 0 Å². The van der Waals surface area contributed by atoms with Crippen molar-refractivity contribution in [2.24, 2.45) is 0 Å². The summed E-state index contributed by atoms with van der Waals surface area (Å²) in [6, 6.07) is 8.56. The molecule has 0 N–H and O–H groups in total. The molecule has 1 rings (SSSR count). The first-order valence-electron chi connectivity index (χ1n) is 4.44. The average Bonchev–Trinajstić information content (AvgIpc) is 2.03. The van der Waals surface area contributed by atoms with Crippen molar-refractivity contribution in [3.8, 4) is 0 Å². The van der Waals surface area contributed by atoms with Crippen LogP contribution in [0, 0.1) is 0 Å². The molecule has 1 radical (unpaired) electrons. The fourth-order valence-corrected chi connectivity index (χ4v) is 1.43. The Morgan fingerprint density at radius 3 is 2.08 bits per heavy atom. The maximum atomic E-state index is 2.25. The van der Waals surface area contributed by atoms with Crippen LogP contribution in [-0.4, -0.2) is 7.28 Å². The molecule has 0 unspecified atom stereocenters. The predicted molar refractivity (Wildman–Crippen MR) is 56.4 cm³/mol. The average molecular weight is 159 g/mol. The molecule has 0 heterocycles. The van der Waals surface area contributed by atoms with Gasteiger partial charge in [0.2, 0.25) is 0 Å². The van der Waals surface area contributed by atoms with Gasteiger partial charge in [-0.05, 0) is 11.0 Å². The molecule has 0 saturated carbocycles. The molecule has 0 saturated heterocycles. The van der Waals surface area contributed by atoms with Crippen molar-refractivity contribution in [3.63, 3.8) is 0 Å². The molecule has 0 aromatic heterocycles. The van der Waals surface area contributed by atoms with E-state index in [4.69, 9.17) is 0 Å². The molecule has 0 nitrogen and oxygen atoms in total. The Hall–Kier alpha value is -0.715. The number of hydrogen-bond donors (Lipinski definition) is 0. The third-order valence-electron chi connectivity index (χ3n) is 2.08. The minimum atomic E-state index is 0.253. The van der Waals surface area contributed by atoms with Crippen LogP contribution in [0.5, 0.6) is 0 Å². The highest BCUT2D eigenvalue weighted by molar-refractivity contribution is 6.52. The largest absolute Gasteiger partial charge is 0.148 e. The van der Waals surface area contributed by atoms with Crippen LogP contribution in [0.1, 0.15) is 26.3 Å². The first kappa shape index (κ1) is 9.37. The van der Waals surface area contributed by atoms with Crippen molar-refractivity contribution < 1.29 is 0 Å². The van der Waals surface area contributed by atoms with E-state index in [9.17, 15) is 0 Å². The quantitative estimate of drug-likeness (QED) is 0.551. The van der Waals surface area contributed by atoms with Crippen LogP contribution in [0.25, 0.3) is 0 Å². The van der Waals surface area contributed by atoms with Crippen LogP contribution >= 0.6 is 0 Å². The summed E-state index contributed by atoms with van der Waals surface area (Å²) in [5, 5.41) is 0. The summed E-state index contributed by atoms with van der Waals surface area (Å²) in [7, 11) is 2.17. The summed E-state index contributed by atoms with van der Waals surface area (Å²) in [6.07, 6.45) is 0. The summed E-state index contributed by atoms with van der Waals surface area (Å²) in [6.45, 7) is 8.82. The van der Waals surface area contributed by atoms with E-state index in [-0.39, 0.29) is 5.41 Å². The van der Waals surface area contributed by atoms with Gasteiger partial charge in [-0.1, -0.05) is 57.3 Å². The van der Waals surface area contributed by atoms with Gasteiger partial charge in [0.1, 0.15) is 7.28 Å². The highest BCUT2D eigenvalue weighted by Gasteiger charge is 2.15. The summed E-state index contributed by atoms with van der Waals surface area (Å²) in [4.78, 5) is 0. The third-order valence-corrected chi connectivity index (χ3v) is 2.08. The van der Waals surface area contributed by atoms with E-state index >= 15 is 0 Å². The summed E-state index contributed by atoms with van der Waals surface area (Å²) < 4.78 is 0. The first-order valence-corrected chi connectivity index (χ1v) is 4.44. The second-order valence-corrected chi connectivity index (χ2v) is 4.13. The van der Waals surface area contributed by atoms with Crippen LogP contribution in [0.3, 0.4) is 0 Å². The van der Waals surface area contributed by atoms with Gasteiger partial charge in [0.25, 0.3) is 0 Å². The van der Waals surface area contributed by atoms with Crippen molar-refractivity contribution in [1.82, 2.24) is 0 Å². The molecule has 0 spiro atoms. The summed E-state index contributed by atoms with van der Waals surface area (Å²) in [5.74, 6) is 0. The molecule has 1 aromatic carbocycles. The maximum Gasteiger partial charge on any atom is 0.148 e. The molecule has 0 amide bonds. The Morgan fingerprint density at radius 2 is 1.67 bits per heavy atom. The molecule has 1 aromatic rings. The zero-order valence-corrected chi connectivity index (χ0v) is 8.39. The lowest BCUT2D eigenvalue weighted by atomic mass is 9.66. The second-order valence-electron chi connectivity index (χ2n) is 4.13. The molecule has 12 heavy (non-hydrogen) atoms. The first-order chi connectivity index (χ1) is 5.55. The standard InChI is InChI=1S/C11H16B/c1-11(2,3)9-7-5-6-8-10(9)12-4/h5-8H,1-4H3. The highest BCUT2D eigenvalue weighted by Crippen LogP contribution is 2.19. The second kappa shape index (κ2) is 3.34. The van der Waals surface area contributed by atoms with Gasteiger partial charge in [0, 0.05) is 0 Å². The van der Waals surface area contributed by atoms with E-state index in [1.54, 1.807) is 0 Å². The molecule has 1 heteroatoms. The molecule has 0 bridgehead atoms. The van der Waals surface area contributed by atoms with Crippen molar-refractivity contribution in [3.05, 3.63) is 29.8 Å². The van der Waals surface area contributed by atoms with Crippen LogP contribution < -0.4 is 5.46 Å². The van der Waals surface area contributed by atoms with E-state index in [1.807, 2.05) is 0 Å². The molecular weight excluding hydrogens is 143 g/mol. The Labute approximate surface area is 76.2 Å². The van der Waals surface area contributed by atoms with Gasteiger partial charge in [-0.3, -0.25) is 0 Å². The number of rotatable bonds is 1. The van der Waals surface area contributed by atoms with Gasteiger partial charge in [0.05, 0.1) is 0 Å². The predicted octanol–water partition coefficient (Wildman–Crippen LogP) is 2.36. The summed E-state index contributed by atoms with van der Waals surface area (Å²) in [5.41, 5.74) is 3.03. The van der Waals surface area contributed by atoms with Gasteiger partial charge in [-0.15, -0.1) is 0 Å². The van der Waals surface area contributed by atoms with Crippen LogP contribution in [-0.2, 0) is 5.41 Å². The normalized spacial score (nSPS) is 11.3. The topological polar surface area (TPSA) is 0 Å². The molecule has 0 aliphatic rings. The fourth-order valence-electron chi connectivity index (χ4n) is 1.43. The Kier molecular flexibility index (Phi) is 2.61. The Balaban J connectivity index is 3.14. The molecule has 0 aliphatic heterocycles. The van der Waals surface area contributed by atoms with Crippen LogP contribution in [0.2, 0.25) is 6.82 Å². The fraction of sp³-hybridized carbons (Fsp3) is 0.455. The Bertz CT molecular complexity index is 258. The number of hydrogen-bond acceptors (Lipinski definition) is 0. The maximum absolute atomic E-state index is 2.25. The zero-order valence-electron chi connectivity index (χ0n) is 8.39. The van der Waals surface area contributed by atoms with Crippen molar-refractivity contribution in [2.75, 3.05) is 0 Å². The summed E-state index contributed by atoms with van der Waals surface area (Å²) >= 11 is 0. The molecule has 0 atom stereocenters. The monoisotopic (exact) mass is 159 g/mol. The lowest BCUT2D eigenvalue weighted by molar-refractivity contribution is 0.594. The minimum absolute atomic E-state index is 0.253. The van der Waals surface area contributed by atoms with Gasteiger partial charge < -0.3 is 0 Å². The minimum Gasteiger partial charge on any atom is -0.0872 e. The Morgan fingerprint density at radius 1 is 1.08 bits per heavy atom. The van der Waals surface area contributed by atoms with E-state index in [1.165, 1.54) is 11.0 Å². The SMILES string of the molecule is C[B]c1ccccc1C(C)(C)C. The molecule has 63 valence electrons. The van der Waals surface area contributed by atoms with E-state index in [2.05, 4.69) is 59.1 Å². The van der Waals surface area contributed by atoms with E-state index in [0.29, 0.717) is 0 Å². The van der Waals surface area contributed by atoms with Gasteiger partial charge in [0.15, 0.2) is 0 Å². The van der Waals surface area contributed by atoms with Gasteiger partial charge >= 0.3 is 0 Å². The molecular formula is C11H16B. The lowest BCUT2D eigenvalue weighted by Crippen LogP contribution is -2.25. The lowest BCUT2D eigenvalue weighted by Gasteiger charge is -2.22. The highest BCUT2D eigenvalue weighted by atomic mass is 14.2. The van der Waals surface area contributed by atoms with Crippen molar-refractivity contribution in [2.45, 2.75) is 33.0 Å². The van der Waals surface area contributed by atoms with Crippen molar-refractivity contribution in [1.29, 1.82) is 0 Å². The molecule has 0 fully saturated rings. The van der Waals surface area contributed by atoms with Crippen molar-refractivity contribution >= 4 is 12.7 Å². The molecule has 0 aliphatic carbocycles. The zero-order chi connectivity index (χ0) is 9.19. The number of benzene rings is 1. The van der Waals surface area contributed by atoms with Gasteiger partial charge in [-0.25, -0.2) is 0 Å². The smallest absolute Gasteiger partial charge is 0.0872 e. The van der Waals surface area contributed by atoms with E-state index < -0.39 is 0 Å².